The molecule has 1 saturated heterocycles. The van der Waals surface area contributed by atoms with Crippen molar-refractivity contribution in [2.75, 3.05) is 18.5 Å². The number of rotatable bonds is 11. The molecule has 0 spiro atoms. The Bertz CT molecular complexity index is 1330. The van der Waals surface area contributed by atoms with Crippen LogP contribution >= 0.6 is 19.3 Å². The summed E-state index contributed by atoms with van der Waals surface area (Å²) in [6.45, 7) is -0.539. The highest BCUT2D eigenvalue weighted by Gasteiger charge is 2.41. The van der Waals surface area contributed by atoms with E-state index in [1.165, 1.54) is 16.7 Å². The van der Waals surface area contributed by atoms with E-state index in [0.717, 1.165) is 11.1 Å². The van der Waals surface area contributed by atoms with Gasteiger partial charge < -0.3 is 20.2 Å². The minimum absolute atomic E-state index is 0.179. The van der Waals surface area contributed by atoms with Crippen molar-refractivity contribution in [3.05, 3.63) is 108 Å². The summed E-state index contributed by atoms with van der Waals surface area (Å²) in [5.41, 5.74) is 2.07. The maximum atomic E-state index is 13.4. The van der Waals surface area contributed by atoms with E-state index in [2.05, 4.69) is 10.4 Å². The lowest BCUT2D eigenvalue weighted by Gasteiger charge is -2.39. The van der Waals surface area contributed by atoms with Crippen molar-refractivity contribution in [3.8, 4) is 0 Å². The molecule has 11 heteroatoms. The molecule has 1 heterocycles. The third kappa shape index (κ3) is 8.03. The number of thioether (sulfide) groups is 1. The molecule has 3 aromatic carbocycles. The largest absolute Gasteiger partial charge is 0.480 e. The summed E-state index contributed by atoms with van der Waals surface area (Å²) in [6, 6.07) is 25.2. The highest BCUT2D eigenvalue weighted by atomic mass is 32.2. The molecule has 1 aliphatic heterocycles. The Balaban J connectivity index is 1.49. The number of nitrogens with zero attached hydrogens (tertiary/aromatic N) is 1. The van der Waals surface area contributed by atoms with Crippen LogP contribution in [0.25, 0.3) is 0 Å². The van der Waals surface area contributed by atoms with Gasteiger partial charge in [0, 0.05) is 17.4 Å². The van der Waals surface area contributed by atoms with Crippen LogP contribution in [0, 0.1) is 0 Å². The number of amides is 2. The quantitative estimate of drug-likeness (QED) is 0.259. The van der Waals surface area contributed by atoms with E-state index in [1.54, 1.807) is 30.3 Å². The third-order valence-corrected chi connectivity index (χ3v) is 9.22. The van der Waals surface area contributed by atoms with Crippen LogP contribution in [-0.4, -0.2) is 63.2 Å². The molecule has 9 nitrogen and oxygen atoms in total. The van der Waals surface area contributed by atoms with E-state index in [9.17, 15) is 28.9 Å². The molecule has 204 valence electrons. The van der Waals surface area contributed by atoms with Crippen molar-refractivity contribution in [1.82, 2.24) is 15.3 Å². The highest BCUT2D eigenvalue weighted by molar-refractivity contribution is 7.99. The van der Waals surface area contributed by atoms with E-state index >= 15 is 0 Å². The first-order valence-corrected chi connectivity index (χ1v) is 15.3. The minimum atomic E-state index is -4.16. The zero-order valence-corrected chi connectivity index (χ0v) is 22.8. The molecule has 3 aromatic rings. The molecule has 0 saturated carbocycles. The van der Waals surface area contributed by atoms with Crippen LogP contribution in [0.1, 0.15) is 26.9 Å². The molecular formula is C28H30N3O6PS. The predicted molar refractivity (Wildman–Crippen MR) is 150 cm³/mol. The minimum Gasteiger partial charge on any atom is -0.480 e. The number of carboxylic acids is 1. The molecule has 39 heavy (non-hydrogen) atoms. The second-order valence-corrected chi connectivity index (χ2v) is 12.4. The lowest BCUT2D eigenvalue weighted by atomic mass is 10.1. The highest BCUT2D eigenvalue weighted by Crippen LogP contribution is 2.42. The van der Waals surface area contributed by atoms with Crippen LogP contribution in [0.2, 0.25) is 0 Å². The van der Waals surface area contributed by atoms with E-state index in [4.69, 9.17) is 0 Å². The van der Waals surface area contributed by atoms with Gasteiger partial charge in [0.15, 0.2) is 0 Å². The van der Waals surface area contributed by atoms with E-state index in [0.29, 0.717) is 12.0 Å². The van der Waals surface area contributed by atoms with E-state index in [-0.39, 0.29) is 17.8 Å². The Morgan fingerprint density at radius 1 is 0.974 bits per heavy atom. The Kier molecular flexibility index (Phi) is 9.59. The lowest BCUT2D eigenvalue weighted by molar-refractivity contribution is -0.145. The summed E-state index contributed by atoms with van der Waals surface area (Å²) >= 11 is 1.33. The van der Waals surface area contributed by atoms with Gasteiger partial charge in [-0.1, -0.05) is 78.9 Å². The summed E-state index contributed by atoms with van der Waals surface area (Å²) in [5, 5.41) is 14.4. The second kappa shape index (κ2) is 13.1. The third-order valence-electron chi connectivity index (χ3n) is 6.20. The molecule has 4 N–H and O–H groups in total. The van der Waals surface area contributed by atoms with Crippen molar-refractivity contribution in [2.24, 2.45) is 0 Å². The van der Waals surface area contributed by atoms with E-state index in [1.807, 2.05) is 60.7 Å². The fraction of sp³-hybridized carbons (Fsp3) is 0.250. The number of benzene rings is 3. The fourth-order valence-corrected chi connectivity index (χ4v) is 7.51. The lowest BCUT2D eigenvalue weighted by Crippen LogP contribution is -2.53. The van der Waals surface area contributed by atoms with Crippen LogP contribution in [0.15, 0.2) is 91.0 Å². The van der Waals surface area contributed by atoms with Gasteiger partial charge in [-0.3, -0.25) is 18.9 Å². The summed E-state index contributed by atoms with van der Waals surface area (Å²) in [7, 11) is -4.16. The molecular weight excluding hydrogens is 537 g/mol. The first kappa shape index (κ1) is 28.6. The number of carboxylic acid groups (broad SMARTS) is 1. The smallest absolute Gasteiger partial charge is 0.323 e. The molecule has 4 rings (SSSR count). The van der Waals surface area contributed by atoms with Gasteiger partial charge in [-0.25, -0.2) is 5.09 Å². The molecule has 1 fully saturated rings. The summed E-state index contributed by atoms with van der Waals surface area (Å²) < 4.78 is 13.4. The van der Waals surface area contributed by atoms with Gasteiger partial charge in [0.05, 0.1) is 6.16 Å². The zero-order valence-electron chi connectivity index (χ0n) is 21.1. The maximum absolute atomic E-state index is 13.4. The Hall–Kier alpha value is -3.43. The maximum Gasteiger partial charge on any atom is 0.323 e. The van der Waals surface area contributed by atoms with E-state index < -0.39 is 43.4 Å². The molecule has 0 bridgehead atoms. The van der Waals surface area contributed by atoms with Gasteiger partial charge in [-0.05, 0) is 29.7 Å². The SMILES string of the molecule is O=C(O)CN1C(=O)C(NP(=O)(O)CC(Cc2ccccc2)NC(=O)c2ccccc2)CS[C@@H]1c1ccccc1. The molecule has 0 radical (unpaired) electrons. The standard InChI is InChI=1S/C28H30N3O6PS/c32-25(33)17-31-27(35)24(19-39-28(31)22-14-8-3-9-15-22)30-38(36,37)18-23(16-20-10-4-1-5-11-20)29-26(34)21-12-6-2-7-13-21/h1-15,23-24,28H,16-19H2,(H,29,34)(H,32,33)(H2,30,36,37)/t23?,24?,28-/m1/s1. The van der Waals surface area contributed by atoms with Gasteiger partial charge in [-0.15, -0.1) is 11.8 Å². The molecule has 0 aromatic heterocycles. The summed E-state index contributed by atoms with van der Waals surface area (Å²) in [6.07, 6.45) is -0.0177. The van der Waals surface area contributed by atoms with Gasteiger partial charge >= 0.3 is 5.97 Å². The second-order valence-electron chi connectivity index (χ2n) is 9.25. The monoisotopic (exact) mass is 567 g/mol. The van der Waals surface area contributed by atoms with Gasteiger partial charge in [-0.2, -0.15) is 0 Å². The van der Waals surface area contributed by atoms with Gasteiger partial charge in [0.2, 0.25) is 5.91 Å². The number of nitrogens with one attached hydrogen (secondary N) is 2. The summed E-state index contributed by atoms with van der Waals surface area (Å²) in [5.74, 6) is -1.94. The van der Waals surface area contributed by atoms with Gasteiger partial charge in [0.25, 0.3) is 13.4 Å². The zero-order chi connectivity index (χ0) is 27.8. The molecule has 4 atom stereocenters. The fourth-order valence-electron chi connectivity index (χ4n) is 4.47. The van der Waals surface area contributed by atoms with Crippen molar-refractivity contribution >= 4 is 37.1 Å². The predicted octanol–water partition coefficient (Wildman–Crippen LogP) is 3.53. The Labute approximate surface area is 231 Å². The first-order chi connectivity index (χ1) is 18.7. The summed E-state index contributed by atoms with van der Waals surface area (Å²) in [4.78, 5) is 49.9. The molecule has 1 aliphatic rings. The first-order valence-electron chi connectivity index (χ1n) is 12.4. The van der Waals surface area contributed by atoms with Crippen LogP contribution in [0.3, 0.4) is 0 Å². The molecule has 3 unspecified atom stereocenters. The topological polar surface area (TPSA) is 136 Å². The van der Waals surface area contributed by atoms with Crippen molar-refractivity contribution in [1.29, 1.82) is 0 Å². The number of carbonyl (C=O) groups is 3. The number of carbonyl (C=O) groups excluding carboxylic acids is 2. The van der Waals surface area contributed by atoms with Crippen LogP contribution in [0.5, 0.6) is 0 Å². The average molecular weight is 568 g/mol. The van der Waals surface area contributed by atoms with Crippen molar-refractivity contribution < 1.29 is 28.9 Å². The number of aliphatic carboxylic acids is 1. The van der Waals surface area contributed by atoms with Crippen molar-refractivity contribution in [2.45, 2.75) is 23.9 Å². The average Bonchev–Trinajstić information content (AvgIpc) is 2.92. The van der Waals surface area contributed by atoms with Crippen LogP contribution in [-0.2, 0) is 20.6 Å². The Morgan fingerprint density at radius 2 is 1.56 bits per heavy atom. The molecule has 2 amide bonds. The normalized spacial score (nSPS) is 19.6. The van der Waals surface area contributed by atoms with Crippen LogP contribution < -0.4 is 10.4 Å². The van der Waals surface area contributed by atoms with Crippen LogP contribution in [0.4, 0.5) is 0 Å². The number of hydrogen-bond acceptors (Lipinski definition) is 5. The molecule has 0 aliphatic carbocycles. The van der Waals surface area contributed by atoms with Crippen molar-refractivity contribution in [3.63, 3.8) is 0 Å². The number of hydrogen-bond donors (Lipinski definition) is 4. The Morgan fingerprint density at radius 3 is 2.18 bits per heavy atom. The van der Waals surface area contributed by atoms with Gasteiger partial charge in [0.1, 0.15) is 18.0 Å².